The van der Waals surface area contributed by atoms with Gasteiger partial charge in [0, 0.05) is 13.1 Å². The van der Waals surface area contributed by atoms with Crippen LogP contribution in [0.15, 0.2) is 17.0 Å². The predicted octanol–water partition coefficient (Wildman–Crippen LogP) is 1.25. The van der Waals surface area contributed by atoms with E-state index in [9.17, 15) is 8.42 Å². The highest BCUT2D eigenvalue weighted by Gasteiger charge is 2.28. The van der Waals surface area contributed by atoms with Crippen LogP contribution in [0, 0.1) is 13.8 Å². The van der Waals surface area contributed by atoms with E-state index >= 15 is 0 Å². The second kappa shape index (κ2) is 4.90. The van der Waals surface area contributed by atoms with Crippen molar-refractivity contribution in [3.8, 4) is 0 Å². The Balaban J connectivity index is 2.49. The number of nitrogens with zero attached hydrogens (tertiary/aromatic N) is 1. The number of hydrogen-bond acceptors (Lipinski definition) is 4. The molecular weight excluding hydrogens is 248 g/mol. The van der Waals surface area contributed by atoms with Crippen LogP contribution in [0.3, 0.4) is 0 Å². The van der Waals surface area contributed by atoms with E-state index in [0.29, 0.717) is 18.0 Å². The molecule has 0 amide bonds. The monoisotopic (exact) mass is 268 g/mol. The summed E-state index contributed by atoms with van der Waals surface area (Å²) < 4.78 is 24.2. The first-order valence-corrected chi connectivity index (χ1v) is 7.90. The van der Waals surface area contributed by atoms with Crippen molar-refractivity contribution in [2.45, 2.75) is 25.2 Å². The number of rotatable bonds is 3. The Bertz CT molecular complexity index is 552. The summed E-state index contributed by atoms with van der Waals surface area (Å²) in [6.45, 7) is 5.98. The van der Waals surface area contributed by atoms with Crippen molar-refractivity contribution in [2.75, 3.05) is 30.3 Å². The molecular formula is C13H20N2O2S. The van der Waals surface area contributed by atoms with Crippen LogP contribution in [0.5, 0.6) is 0 Å². The predicted molar refractivity (Wildman–Crippen MR) is 73.9 cm³/mol. The summed E-state index contributed by atoms with van der Waals surface area (Å²) in [5.74, 6) is 0.201. The summed E-state index contributed by atoms with van der Waals surface area (Å²) in [7, 11) is -3.11. The van der Waals surface area contributed by atoms with Crippen LogP contribution in [0.1, 0.15) is 17.5 Å². The van der Waals surface area contributed by atoms with Gasteiger partial charge in [0.15, 0.2) is 9.84 Å². The van der Waals surface area contributed by atoms with Crippen LogP contribution < -0.4 is 10.6 Å². The Hall–Kier alpha value is -1.07. The molecule has 0 fully saturated rings. The molecule has 0 atom stereocenters. The second-order valence-electron chi connectivity index (χ2n) is 4.85. The molecule has 0 bridgehead atoms. The van der Waals surface area contributed by atoms with Gasteiger partial charge in [-0.1, -0.05) is 0 Å². The van der Waals surface area contributed by atoms with E-state index in [1.165, 1.54) is 0 Å². The molecule has 1 heterocycles. The van der Waals surface area contributed by atoms with Crippen molar-refractivity contribution < 1.29 is 8.42 Å². The molecule has 1 aromatic carbocycles. The number of sulfone groups is 1. The lowest BCUT2D eigenvalue weighted by atomic mass is 10.1. The average Bonchev–Trinajstić information content (AvgIpc) is 2.31. The van der Waals surface area contributed by atoms with E-state index in [2.05, 4.69) is 4.90 Å². The Morgan fingerprint density at radius 2 is 1.94 bits per heavy atom. The lowest BCUT2D eigenvalue weighted by Gasteiger charge is -2.31. The van der Waals surface area contributed by atoms with Gasteiger partial charge >= 0.3 is 0 Å². The smallest absolute Gasteiger partial charge is 0.182 e. The van der Waals surface area contributed by atoms with Gasteiger partial charge in [-0.15, -0.1) is 0 Å². The molecule has 1 aliphatic heterocycles. The zero-order valence-electron chi connectivity index (χ0n) is 10.9. The van der Waals surface area contributed by atoms with Crippen molar-refractivity contribution >= 4 is 15.5 Å². The molecule has 0 unspecified atom stereocenters. The van der Waals surface area contributed by atoms with Gasteiger partial charge < -0.3 is 10.6 Å². The summed E-state index contributed by atoms with van der Waals surface area (Å²) in [4.78, 5) is 2.62. The molecule has 2 N–H and O–H groups in total. The zero-order chi connectivity index (χ0) is 13.3. The van der Waals surface area contributed by atoms with E-state index in [4.69, 9.17) is 5.73 Å². The molecule has 4 nitrogen and oxygen atoms in total. The third-order valence-corrected chi connectivity index (χ3v) is 5.23. The molecule has 0 saturated carbocycles. The van der Waals surface area contributed by atoms with Gasteiger partial charge in [-0.25, -0.2) is 8.42 Å². The standard InChI is InChI=1S/C13H20N2O2S/c1-10-8-12-13(9-11(10)2)18(16,17)7-6-15(12)5-3-4-14/h8-9H,3-7,14H2,1-2H3. The average molecular weight is 268 g/mol. The van der Waals surface area contributed by atoms with Gasteiger partial charge in [0.1, 0.15) is 0 Å². The first-order valence-electron chi connectivity index (χ1n) is 6.25. The fraction of sp³-hybridized carbons (Fsp3) is 0.538. The number of hydrogen-bond donors (Lipinski definition) is 1. The number of benzene rings is 1. The minimum atomic E-state index is -3.11. The SMILES string of the molecule is Cc1cc2c(cc1C)S(=O)(=O)CCN2CCCN. The number of anilines is 1. The highest BCUT2D eigenvalue weighted by molar-refractivity contribution is 7.91. The van der Waals surface area contributed by atoms with Gasteiger partial charge in [-0.05, 0) is 50.1 Å². The van der Waals surface area contributed by atoms with Gasteiger partial charge in [0.05, 0.1) is 16.3 Å². The summed E-state index contributed by atoms with van der Waals surface area (Å²) in [6, 6.07) is 3.78. The maximum absolute atomic E-state index is 12.1. The number of nitrogens with two attached hydrogens (primary N) is 1. The molecule has 1 aromatic rings. The summed E-state index contributed by atoms with van der Waals surface area (Å²) in [5.41, 5.74) is 8.53. The van der Waals surface area contributed by atoms with E-state index in [0.717, 1.165) is 29.8 Å². The highest BCUT2D eigenvalue weighted by atomic mass is 32.2. The van der Waals surface area contributed by atoms with Gasteiger partial charge in [-0.3, -0.25) is 0 Å². The van der Waals surface area contributed by atoms with Gasteiger partial charge in [0.2, 0.25) is 0 Å². The molecule has 0 spiro atoms. The summed E-state index contributed by atoms with van der Waals surface area (Å²) in [6.07, 6.45) is 0.881. The maximum atomic E-state index is 12.1. The maximum Gasteiger partial charge on any atom is 0.182 e. The minimum absolute atomic E-state index is 0.201. The Labute approximate surface area is 109 Å². The van der Waals surface area contributed by atoms with Crippen molar-refractivity contribution in [2.24, 2.45) is 5.73 Å². The molecule has 2 rings (SSSR count). The van der Waals surface area contributed by atoms with Crippen LogP contribution >= 0.6 is 0 Å². The van der Waals surface area contributed by atoms with Crippen LogP contribution in [0.25, 0.3) is 0 Å². The zero-order valence-corrected chi connectivity index (χ0v) is 11.8. The highest BCUT2D eigenvalue weighted by Crippen LogP contribution is 2.32. The number of fused-ring (bicyclic) bond motifs is 1. The Morgan fingerprint density at radius 3 is 2.61 bits per heavy atom. The second-order valence-corrected chi connectivity index (χ2v) is 6.93. The van der Waals surface area contributed by atoms with E-state index in [1.807, 2.05) is 19.9 Å². The third kappa shape index (κ3) is 2.37. The fourth-order valence-electron chi connectivity index (χ4n) is 2.25. The van der Waals surface area contributed by atoms with Crippen molar-refractivity contribution in [3.63, 3.8) is 0 Å². The molecule has 100 valence electrons. The van der Waals surface area contributed by atoms with Crippen LogP contribution in [0.2, 0.25) is 0 Å². The van der Waals surface area contributed by atoms with Crippen LogP contribution in [0.4, 0.5) is 5.69 Å². The molecule has 18 heavy (non-hydrogen) atoms. The first-order chi connectivity index (χ1) is 8.45. The minimum Gasteiger partial charge on any atom is -0.369 e. The third-order valence-electron chi connectivity index (χ3n) is 3.51. The molecule has 0 aliphatic carbocycles. The normalized spacial score (nSPS) is 17.6. The quantitative estimate of drug-likeness (QED) is 0.896. The van der Waals surface area contributed by atoms with Crippen LogP contribution in [-0.2, 0) is 9.84 Å². The largest absolute Gasteiger partial charge is 0.369 e. The van der Waals surface area contributed by atoms with Gasteiger partial charge in [0.25, 0.3) is 0 Å². The fourth-order valence-corrected chi connectivity index (χ4v) is 3.79. The van der Waals surface area contributed by atoms with Crippen molar-refractivity contribution in [1.82, 2.24) is 0 Å². The lowest BCUT2D eigenvalue weighted by Crippen LogP contribution is -2.36. The van der Waals surface area contributed by atoms with Crippen molar-refractivity contribution in [3.05, 3.63) is 23.3 Å². The van der Waals surface area contributed by atoms with Crippen LogP contribution in [-0.4, -0.2) is 33.8 Å². The molecule has 0 radical (unpaired) electrons. The molecule has 1 aliphatic rings. The Kier molecular flexibility index (Phi) is 3.64. The first kappa shape index (κ1) is 13.4. The Morgan fingerprint density at radius 1 is 1.28 bits per heavy atom. The topological polar surface area (TPSA) is 63.4 Å². The van der Waals surface area contributed by atoms with E-state index in [1.54, 1.807) is 6.07 Å². The summed E-state index contributed by atoms with van der Waals surface area (Å²) in [5, 5.41) is 0. The number of aryl methyl sites for hydroxylation is 2. The molecule has 0 aromatic heterocycles. The van der Waals surface area contributed by atoms with E-state index < -0.39 is 9.84 Å². The summed E-state index contributed by atoms with van der Waals surface area (Å²) >= 11 is 0. The van der Waals surface area contributed by atoms with E-state index in [-0.39, 0.29) is 5.75 Å². The van der Waals surface area contributed by atoms with Crippen molar-refractivity contribution in [1.29, 1.82) is 0 Å². The molecule has 5 heteroatoms. The molecule has 0 saturated heterocycles. The lowest BCUT2D eigenvalue weighted by molar-refractivity contribution is 0.588. The van der Waals surface area contributed by atoms with Gasteiger partial charge in [-0.2, -0.15) is 0 Å².